The summed E-state index contributed by atoms with van der Waals surface area (Å²) in [6.07, 6.45) is 1.60. The van der Waals surface area contributed by atoms with E-state index in [-0.39, 0.29) is 24.6 Å². The molecule has 5 nitrogen and oxygen atoms in total. The van der Waals surface area contributed by atoms with E-state index in [4.69, 9.17) is 15.2 Å². The Morgan fingerprint density at radius 2 is 2.24 bits per heavy atom. The lowest BCUT2D eigenvalue weighted by atomic mass is 10.1. The predicted molar refractivity (Wildman–Crippen MR) is 76.5 cm³/mol. The average molecular weight is 296 g/mol. The first kappa shape index (κ1) is 15.7. The summed E-state index contributed by atoms with van der Waals surface area (Å²) in [4.78, 5) is 11.8. The van der Waals surface area contributed by atoms with Gasteiger partial charge < -0.3 is 20.5 Å². The first-order chi connectivity index (χ1) is 10.1. The third-order valence-electron chi connectivity index (χ3n) is 3.41. The number of halogens is 1. The van der Waals surface area contributed by atoms with Gasteiger partial charge in [0.25, 0.3) is 5.91 Å². The first-order valence-electron chi connectivity index (χ1n) is 7.11. The first-order valence-corrected chi connectivity index (χ1v) is 7.11. The van der Waals surface area contributed by atoms with Crippen molar-refractivity contribution in [2.75, 3.05) is 19.8 Å². The van der Waals surface area contributed by atoms with Crippen molar-refractivity contribution >= 4 is 5.91 Å². The molecule has 0 spiro atoms. The van der Waals surface area contributed by atoms with Crippen molar-refractivity contribution in [3.05, 3.63) is 29.6 Å². The van der Waals surface area contributed by atoms with Gasteiger partial charge in [-0.05, 0) is 25.8 Å². The Labute approximate surface area is 123 Å². The zero-order valence-corrected chi connectivity index (χ0v) is 12.1. The molecule has 1 atom stereocenters. The highest BCUT2D eigenvalue weighted by molar-refractivity contribution is 5.77. The summed E-state index contributed by atoms with van der Waals surface area (Å²) in [6.45, 7) is 2.94. The molecule has 1 heterocycles. The van der Waals surface area contributed by atoms with Crippen LogP contribution in [0.15, 0.2) is 18.2 Å². The second-order valence-electron chi connectivity index (χ2n) is 5.21. The number of hydrogen-bond donors (Lipinski definition) is 2. The van der Waals surface area contributed by atoms with Crippen LogP contribution in [0.25, 0.3) is 0 Å². The standard InChI is InChI=1S/C15H21FN2O3/c1-10(17)13-3-2-11(16)8-14(13)21-9-15(19)18-12-4-6-20-7-5-12/h2-3,8,10,12H,4-7,9,17H2,1H3,(H,18,19)/t10-/m0/s1. The smallest absolute Gasteiger partial charge is 0.258 e. The Morgan fingerprint density at radius 3 is 2.90 bits per heavy atom. The van der Waals surface area contributed by atoms with Gasteiger partial charge in [0, 0.05) is 36.9 Å². The fourth-order valence-corrected chi connectivity index (χ4v) is 2.26. The predicted octanol–water partition coefficient (Wildman–Crippen LogP) is 1.52. The Hall–Kier alpha value is -1.66. The van der Waals surface area contributed by atoms with Gasteiger partial charge in [-0.2, -0.15) is 0 Å². The van der Waals surface area contributed by atoms with E-state index in [0.717, 1.165) is 12.8 Å². The Balaban J connectivity index is 1.89. The second kappa shape index (κ2) is 7.38. The summed E-state index contributed by atoms with van der Waals surface area (Å²) in [7, 11) is 0. The normalized spacial score (nSPS) is 17.3. The molecule has 116 valence electrons. The zero-order chi connectivity index (χ0) is 15.2. The van der Waals surface area contributed by atoms with E-state index in [1.807, 2.05) is 0 Å². The van der Waals surface area contributed by atoms with Crippen molar-refractivity contribution in [1.82, 2.24) is 5.32 Å². The Bertz CT molecular complexity index is 488. The van der Waals surface area contributed by atoms with Gasteiger partial charge in [0.05, 0.1) is 0 Å². The van der Waals surface area contributed by atoms with Crippen LogP contribution in [0, 0.1) is 5.82 Å². The number of nitrogens with two attached hydrogens (primary N) is 1. The van der Waals surface area contributed by atoms with Crippen molar-refractivity contribution in [2.45, 2.75) is 31.8 Å². The maximum absolute atomic E-state index is 13.3. The van der Waals surface area contributed by atoms with Crippen molar-refractivity contribution in [3.8, 4) is 5.75 Å². The van der Waals surface area contributed by atoms with Crippen LogP contribution in [0.5, 0.6) is 5.75 Å². The SMILES string of the molecule is C[C@H](N)c1ccc(F)cc1OCC(=O)NC1CCOCC1. The van der Waals surface area contributed by atoms with Gasteiger partial charge >= 0.3 is 0 Å². The molecule has 1 aliphatic rings. The average Bonchev–Trinajstić information content (AvgIpc) is 2.46. The number of carbonyl (C=O) groups excluding carboxylic acids is 1. The lowest BCUT2D eigenvalue weighted by Crippen LogP contribution is -2.41. The van der Waals surface area contributed by atoms with Crippen LogP contribution in [0.3, 0.4) is 0 Å². The van der Waals surface area contributed by atoms with E-state index in [0.29, 0.717) is 24.5 Å². The summed E-state index contributed by atoms with van der Waals surface area (Å²) in [5.41, 5.74) is 6.48. The Kier molecular flexibility index (Phi) is 5.52. The summed E-state index contributed by atoms with van der Waals surface area (Å²) in [5, 5.41) is 2.88. The lowest BCUT2D eigenvalue weighted by Gasteiger charge is -2.23. The summed E-state index contributed by atoms with van der Waals surface area (Å²) in [5.74, 6) is -0.326. The van der Waals surface area contributed by atoms with Crippen LogP contribution in [-0.4, -0.2) is 31.8 Å². The summed E-state index contributed by atoms with van der Waals surface area (Å²) in [6, 6.07) is 3.98. The van der Waals surface area contributed by atoms with Gasteiger partial charge in [-0.3, -0.25) is 4.79 Å². The van der Waals surface area contributed by atoms with Gasteiger partial charge in [0.1, 0.15) is 11.6 Å². The minimum atomic E-state index is -0.417. The van der Waals surface area contributed by atoms with Gasteiger partial charge in [0.15, 0.2) is 6.61 Å². The second-order valence-corrected chi connectivity index (χ2v) is 5.21. The lowest BCUT2D eigenvalue weighted by molar-refractivity contribution is -0.124. The molecular formula is C15H21FN2O3. The van der Waals surface area contributed by atoms with Gasteiger partial charge in [-0.1, -0.05) is 6.07 Å². The van der Waals surface area contributed by atoms with E-state index in [2.05, 4.69) is 5.32 Å². The molecule has 1 aliphatic heterocycles. The molecule has 3 N–H and O–H groups in total. The molecule has 6 heteroatoms. The van der Waals surface area contributed by atoms with Crippen LogP contribution < -0.4 is 15.8 Å². The summed E-state index contributed by atoms with van der Waals surface area (Å²) < 4.78 is 23.9. The summed E-state index contributed by atoms with van der Waals surface area (Å²) >= 11 is 0. The van der Waals surface area contributed by atoms with Crippen molar-refractivity contribution in [2.24, 2.45) is 5.73 Å². The number of nitrogens with one attached hydrogen (secondary N) is 1. The molecule has 0 aromatic heterocycles. The van der Waals surface area contributed by atoms with Crippen LogP contribution in [0.2, 0.25) is 0 Å². The van der Waals surface area contributed by atoms with Gasteiger partial charge in [-0.15, -0.1) is 0 Å². The zero-order valence-electron chi connectivity index (χ0n) is 12.1. The molecular weight excluding hydrogens is 275 g/mol. The topological polar surface area (TPSA) is 73.6 Å². The molecule has 0 aliphatic carbocycles. The monoisotopic (exact) mass is 296 g/mol. The van der Waals surface area contributed by atoms with E-state index >= 15 is 0 Å². The molecule has 1 amide bonds. The van der Waals surface area contributed by atoms with Crippen LogP contribution in [0.1, 0.15) is 31.4 Å². The fraction of sp³-hybridized carbons (Fsp3) is 0.533. The molecule has 0 bridgehead atoms. The molecule has 0 saturated carbocycles. The van der Waals surface area contributed by atoms with Gasteiger partial charge in [0.2, 0.25) is 0 Å². The van der Waals surface area contributed by atoms with Crippen molar-refractivity contribution in [1.29, 1.82) is 0 Å². The quantitative estimate of drug-likeness (QED) is 0.864. The largest absolute Gasteiger partial charge is 0.483 e. The number of hydrogen-bond acceptors (Lipinski definition) is 4. The molecule has 1 aromatic carbocycles. The van der Waals surface area contributed by atoms with E-state index < -0.39 is 5.82 Å². The minimum Gasteiger partial charge on any atom is -0.483 e. The third-order valence-corrected chi connectivity index (χ3v) is 3.41. The third kappa shape index (κ3) is 4.68. The molecule has 21 heavy (non-hydrogen) atoms. The molecule has 0 unspecified atom stereocenters. The number of ether oxygens (including phenoxy) is 2. The van der Waals surface area contributed by atoms with E-state index in [1.54, 1.807) is 13.0 Å². The van der Waals surface area contributed by atoms with Crippen LogP contribution in [0.4, 0.5) is 4.39 Å². The van der Waals surface area contributed by atoms with Gasteiger partial charge in [-0.25, -0.2) is 4.39 Å². The highest BCUT2D eigenvalue weighted by Crippen LogP contribution is 2.24. The van der Waals surface area contributed by atoms with Crippen LogP contribution >= 0.6 is 0 Å². The van der Waals surface area contributed by atoms with Crippen molar-refractivity contribution < 1.29 is 18.7 Å². The molecule has 1 fully saturated rings. The number of amides is 1. The number of rotatable bonds is 5. The minimum absolute atomic E-state index is 0.121. The molecule has 1 saturated heterocycles. The molecule has 0 radical (unpaired) electrons. The number of carbonyl (C=O) groups is 1. The fourth-order valence-electron chi connectivity index (χ4n) is 2.26. The highest BCUT2D eigenvalue weighted by atomic mass is 19.1. The highest BCUT2D eigenvalue weighted by Gasteiger charge is 2.17. The van der Waals surface area contributed by atoms with E-state index in [1.165, 1.54) is 12.1 Å². The maximum atomic E-state index is 13.3. The van der Waals surface area contributed by atoms with Crippen LogP contribution in [-0.2, 0) is 9.53 Å². The maximum Gasteiger partial charge on any atom is 0.258 e. The molecule has 1 aromatic rings. The van der Waals surface area contributed by atoms with E-state index in [9.17, 15) is 9.18 Å². The van der Waals surface area contributed by atoms with Crippen molar-refractivity contribution in [3.63, 3.8) is 0 Å². The molecule has 2 rings (SSSR count). The number of benzene rings is 1. The Morgan fingerprint density at radius 1 is 1.52 bits per heavy atom.